The van der Waals surface area contributed by atoms with Crippen LogP contribution < -0.4 is 0 Å². The summed E-state index contributed by atoms with van der Waals surface area (Å²) in [5.41, 5.74) is 0. The van der Waals surface area contributed by atoms with Crippen molar-refractivity contribution in [1.82, 2.24) is 0 Å². The fourth-order valence-corrected chi connectivity index (χ4v) is 0.0167. The van der Waals surface area contributed by atoms with Gasteiger partial charge in [-0.2, -0.15) is 15.3 Å². The number of carbonyl (C=O) groups is 1. The van der Waals surface area contributed by atoms with E-state index in [-0.39, 0.29) is 29.6 Å². The van der Waals surface area contributed by atoms with Crippen LogP contribution in [0.1, 0.15) is 0 Å². The quantitative estimate of drug-likeness (QED) is 0.253. The normalized spacial score (nSPS) is 6.00. The number of hydrogen-bond donors (Lipinski definition) is 2. The number of hydrogen-bond acceptors (Lipinski definition) is 5. The van der Waals surface area contributed by atoms with E-state index >= 15 is 0 Å². The number of rotatable bonds is 0. The van der Waals surface area contributed by atoms with Crippen LogP contribution in [0.2, 0.25) is 0 Å². The van der Waals surface area contributed by atoms with Crippen LogP contribution in [0.5, 0.6) is 0 Å². The van der Waals surface area contributed by atoms with Gasteiger partial charge in [-0.15, -0.1) is 0 Å². The maximum atomic E-state index is 9.24. The Hall–Kier alpha value is 0.190. The summed E-state index contributed by atoms with van der Waals surface area (Å²) in [6.07, 6.45) is -1.55. The molecule has 0 aromatic carbocycles. The zero-order chi connectivity index (χ0) is 4.99. The molecule has 0 rings (SSSR count). The van der Waals surface area contributed by atoms with Crippen molar-refractivity contribution in [3.05, 3.63) is 0 Å². The molecule has 6 heteroatoms. The summed E-state index contributed by atoms with van der Waals surface area (Å²) in [6, 6.07) is 0. The molecule has 0 radical (unpaired) electrons. The van der Waals surface area contributed by atoms with Gasteiger partial charge in [0.15, 0.2) is 0 Å². The molecule has 0 aliphatic heterocycles. The number of carbonyl (C=O) groups excluding carboxylic acids is 1. The summed E-state index contributed by atoms with van der Waals surface area (Å²) in [5, 5.41) is 14.4. The van der Waals surface area contributed by atoms with Crippen molar-refractivity contribution >= 4 is 35.7 Å². The van der Waals surface area contributed by atoms with E-state index in [9.17, 15) is 4.79 Å². The molecule has 0 unspecified atom stereocenters. The van der Waals surface area contributed by atoms with Gasteiger partial charge >= 0.3 is 35.7 Å². The minimum absolute atomic E-state index is 0. The van der Waals surface area contributed by atoms with Crippen molar-refractivity contribution in [2.45, 2.75) is 0 Å². The van der Waals surface area contributed by atoms with Crippen molar-refractivity contribution in [2.75, 3.05) is 0 Å². The van der Waals surface area contributed by atoms with E-state index in [1.54, 1.807) is 0 Å². The van der Waals surface area contributed by atoms with E-state index < -0.39 is 6.16 Å². The van der Waals surface area contributed by atoms with Gasteiger partial charge in [0.2, 0.25) is 0 Å². The van der Waals surface area contributed by atoms with Gasteiger partial charge in [-0.1, -0.05) is 0 Å². The molecule has 0 saturated heterocycles. The van der Waals surface area contributed by atoms with Crippen molar-refractivity contribution in [1.29, 1.82) is 0 Å². The fraction of sp³-hybridized carbons (Fsp3) is 0. The zero-order valence-electron chi connectivity index (χ0n) is 2.62. The second-order valence-electron chi connectivity index (χ2n) is 0.433. The molecular formula is CH3NaO5. The van der Waals surface area contributed by atoms with E-state index in [4.69, 9.17) is 10.5 Å². The van der Waals surface area contributed by atoms with Gasteiger partial charge < -0.3 is 0 Å². The van der Waals surface area contributed by atoms with Crippen LogP contribution in [0.15, 0.2) is 0 Å². The average molecular weight is 118 g/mol. The first-order chi connectivity index (χ1) is 2.81. The Morgan fingerprint density at radius 3 is 1.57 bits per heavy atom. The monoisotopic (exact) mass is 118 g/mol. The summed E-state index contributed by atoms with van der Waals surface area (Å²) in [5.74, 6) is 0. The standard InChI is InChI=1S/CH2O5.Na.H/c2-1(5-3)6-4;;/h3-4H;;. The Morgan fingerprint density at radius 1 is 1.29 bits per heavy atom. The van der Waals surface area contributed by atoms with E-state index in [0.29, 0.717) is 0 Å². The summed E-state index contributed by atoms with van der Waals surface area (Å²) < 4.78 is 0. The molecule has 7 heavy (non-hydrogen) atoms. The second kappa shape index (κ2) is 6.19. The molecule has 0 atom stereocenters. The van der Waals surface area contributed by atoms with Gasteiger partial charge in [-0.05, 0) is 0 Å². The van der Waals surface area contributed by atoms with Crippen LogP contribution in [0.25, 0.3) is 0 Å². The average Bonchev–Trinajstić information content (AvgIpc) is 1.65. The Labute approximate surface area is 61.0 Å². The van der Waals surface area contributed by atoms with E-state index in [1.165, 1.54) is 0 Å². The van der Waals surface area contributed by atoms with Crippen molar-refractivity contribution in [2.24, 2.45) is 0 Å². The molecule has 5 nitrogen and oxygen atoms in total. The first kappa shape index (κ1) is 10.2. The first-order valence-corrected chi connectivity index (χ1v) is 0.978. The summed E-state index contributed by atoms with van der Waals surface area (Å²) in [4.78, 5) is 14.8. The fourth-order valence-electron chi connectivity index (χ4n) is 0.0167. The first-order valence-electron chi connectivity index (χ1n) is 0.978. The van der Waals surface area contributed by atoms with Crippen LogP contribution in [0.4, 0.5) is 4.79 Å². The van der Waals surface area contributed by atoms with E-state index in [2.05, 4.69) is 9.78 Å². The minimum atomic E-state index is -1.55. The molecule has 0 heterocycles. The zero-order valence-corrected chi connectivity index (χ0v) is 2.62. The van der Waals surface area contributed by atoms with Gasteiger partial charge in [-0.25, -0.2) is 0 Å². The van der Waals surface area contributed by atoms with Crippen LogP contribution in [0.3, 0.4) is 0 Å². The van der Waals surface area contributed by atoms with Gasteiger partial charge in [0, 0.05) is 0 Å². The Morgan fingerprint density at radius 2 is 1.57 bits per heavy atom. The molecule has 2 N–H and O–H groups in total. The summed E-state index contributed by atoms with van der Waals surface area (Å²) in [6.45, 7) is 0. The molecular weight excluding hydrogens is 115 g/mol. The molecule has 0 saturated carbocycles. The van der Waals surface area contributed by atoms with Crippen LogP contribution in [0, 0.1) is 0 Å². The summed E-state index contributed by atoms with van der Waals surface area (Å²) >= 11 is 0. The Kier molecular flexibility index (Phi) is 9.04. The molecule has 0 aromatic heterocycles. The van der Waals surface area contributed by atoms with Crippen molar-refractivity contribution in [3.63, 3.8) is 0 Å². The third kappa shape index (κ3) is 6.19. The van der Waals surface area contributed by atoms with Crippen LogP contribution in [-0.4, -0.2) is 46.2 Å². The van der Waals surface area contributed by atoms with Gasteiger partial charge in [-0.3, -0.25) is 9.78 Å². The molecule has 0 amide bonds. The predicted octanol–water partition coefficient (Wildman–Crippen LogP) is -0.563. The van der Waals surface area contributed by atoms with E-state index in [0.717, 1.165) is 0 Å². The third-order valence-electron chi connectivity index (χ3n) is 0.149. The second-order valence-corrected chi connectivity index (χ2v) is 0.433. The van der Waals surface area contributed by atoms with E-state index in [1.807, 2.05) is 0 Å². The molecule has 38 valence electrons. The van der Waals surface area contributed by atoms with Crippen LogP contribution in [-0.2, 0) is 9.78 Å². The van der Waals surface area contributed by atoms with Gasteiger partial charge in [0.05, 0.1) is 0 Å². The Balaban J connectivity index is 0. The van der Waals surface area contributed by atoms with Gasteiger partial charge in [0.25, 0.3) is 0 Å². The van der Waals surface area contributed by atoms with Gasteiger partial charge in [0.1, 0.15) is 0 Å². The predicted molar refractivity (Wildman–Crippen MR) is 20.0 cm³/mol. The molecule has 0 fully saturated rings. The van der Waals surface area contributed by atoms with Crippen molar-refractivity contribution < 1.29 is 25.1 Å². The Bertz CT molecular complexity index is 46.0. The SMILES string of the molecule is O=C(OO)OO.[NaH]. The molecule has 0 bridgehead atoms. The van der Waals surface area contributed by atoms with Crippen LogP contribution >= 0.6 is 0 Å². The topological polar surface area (TPSA) is 76.0 Å². The molecule has 0 aliphatic rings. The molecule has 0 aromatic rings. The molecule has 0 spiro atoms. The van der Waals surface area contributed by atoms with Crippen molar-refractivity contribution in [3.8, 4) is 0 Å². The third-order valence-corrected chi connectivity index (χ3v) is 0.149. The molecule has 0 aliphatic carbocycles. The summed E-state index contributed by atoms with van der Waals surface area (Å²) in [7, 11) is 0. The maximum absolute atomic E-state index is 9.24.